The first kappa shape index (κ1) is 53.4. The van der Waals surface area contributed by atoms with Gasteiger partial charge in [-0.25, -0.2) is 9.59 Å². The minimum atomic E-state index is -4.79. The number of hydrogen-bond acceptors (Lipinski definition) is 8. The molecule has 0 unspecified atom stereocenters. The molecule has 2 aromatic heterocycles. The van der Waals surface area contributed by atoms with Crippen LogP contribution in [0.15, 0.2) is 83.9 Å². The van der Waals surface area contributed by atoms with Gasteiger partial charge in [0, 0.05) is 15.2 Å². The van der Waals surface area contributed by atoms with Crippen LogP contribution >= 0.6 is 15.9 Å². The molecule has 2 atom stereocenters. The first-order chi connectivity index (χ1) is 28.5. The van der Waals surface area contributed by atoms with Crippen LogP contribution in [0.4, 0.5) is 35.9 Å². The van der Waals surface area contributed by atoms with Gasteiger partial charge in [0.2, 0.25) is 0 Å². The molecule has 19 heteroatoms. The quantitative estimate of drug-likeness (QED) is 0.0932. The number of alkyl carbamates (subject to hydrolysis) is 2. The lowest BCUT2D eigenvalue weighted by Gasteiger charge is -2.25. The standard InChI is InChI=1S/C22H25F3N2O4.C16H16BrF3N2O2.C6H10O2/c1-20(2,3)31-19(30)27-17(22(23,24)25)15-9-8-14-7-6-13(12-16(14)26-15)10-11-21(4,5)18(28)29;1-15(2,3)24-14(23)22-13(16(18,19)20)11-7-5-9-4-6-10(17)8-12(9)21-11;1-4-6(2,3)5(7)8/h6-12,17H,1-5H3,(H,27,30)(H,28,29);4-8,13H,1-3H3,(H,22,23);4H,1H2,2-3H3,(H,7,8)/b11-10+;;/t17-;13-;/m00./s1. The summed E-state index contributed by atoms with van der Waals surface area (Å²) in [6, 6.07) is 10.9. The van der Waals surface area contributed by atoms with Crippen LogP contribution in [0.5, 0.6) is 0 Å². The average molecular weight is 958 g/mol. The number of fused-ring (bicyclic) bond motifs is 2. The van der Waals surface area contributed by atoms with E-state index < -0.39 is 76.3 Å². The SMILES string of the molecule is C=CC(C)(C)C(=O)O.CC(C)(C)OC(=O)N[C@@H](c1ccc2ccc(/C=C/C(C)(C)C(=O)O)cc2n1)C(F)(F)F.CC(C)(C)OC(=O)N[C@@H](c1ccc2ccc(Br)cc2n1)C(F)(F)F. The number of amides is 2. The zero-order chi connectivity index (χ0) is 48.5. The summed E-state index contributed by atoms with van der Waals surface area (Å²) in [7, 11) is 0. The summed E-state index contributed by atoms with van der Waals surface area (Å²) in [5.41, 5.74) is -3.20. The van der Waals surface area contributed by atoms with Gasteiger partial charge in [-0.05, 0) is 105 Å². The van der Waals surface area contributed by atoms with Crippen molar-refractivity contribution in [2.24, 2.45) is 10.8 Å². The molecule has 0 fully saturated rings. The van der Waals surface area contributed by atoms with E-state index in [9.17, 15) is 50.6 Å². The van der Waals surface area contributed by atoms with Crippen LogP contribution < -0.4 is 10.6 Å². The number of benzene rings is 2. The Balaban J connectivity index is 0.000000377. The lowest BCUT2D eigenvalue weighted by molar-refractivity contribution is -0.158. The summed E-state index contributed by atoms with van der Waals surface area (Å²) in [6.45, 7) is 19.0. The summed E-state index contributed by atoms with van der Waals surface area (Å²) in [4.78, 5) is 53.2. The highest BCUT2D eigenvalue weighted by atomic mass is 79.9. The normalized spacial score (nSPS) is 13.4. The second-order valence-corrected chi connectivity index (χ2v) is 18.0. The van der Waals surface area contributed by atoms with E-state index in [1.807, 2.05) is 10.6 Å². The number of carboxylic acid groups (broad SMARTS) is 2. The third-order valence-corrected chi connectivity index (χ3v) is 8.78. The van der Waals surface area contributed by atoms with Gasteiger partial charge in [-0.2, -0.15) is 26.3 Å². The maximum atomic E-state index is 13.6. The van der Waals surface area contributed by atoms with Crippen molar-refractivity contribution >= 4 is 67.9 Å². The number of pyridine rings is 2. The van der Waals surface area contributed by atoms with Crippen LogP contribution in [0, 0.1) is 10.8 Å². The molecule has 0 aliphatic carbocycles. The number of halogens is 7. The third-order valence-electron chi connectivity index (χ3n) is 8.29. The Morgan fingerprint density at radius 3 is 1.37 bits per heavy atom. The van der Waals surface area contributed by atoms with Gasteiger partial charge in [0.05, 0.1) is 33.3 Å². The maximum Gasteiger partial charge on any atom is 0.414 e. The fourth-order valence-corrected chi connectivity index (χ4v) is 4.99. The summed E-state index contributed by atoms with van der Waals surface area (Å²) in [5.74, 6) is -1.85. The Kier molecular flexibility index (Phi) is 17.5. The van der Waals surface area contributed by atoms with E-state index in [4.69, 9.17) is 14.6 Å². The molecule has 4 rings (SSSR count). The van der Waals surface area contributed by atoms with E-state index in [-0.39, 0.29) is 11.2 Å². The van der Waals surface area contributed by atoms with E-state index in [1.54, 1.807) is 97.9 Å². The summed E-state index contributed by atoms with van der Waals surface area (Å²) in [5, 5.41) is 22.5. The number of carbonyl (C=O) groups is 4. The van der Waals surface area contributed by atoms with Crippen LogP contribution in [0.25, 0.3) is 27.9 Å². The average Bonchev–Trinajstić information content (AvgIpc) is 3.12. The number of carboxylic acids is 2. The van der Waals surface area contributed by atoms with Crippen molar-refractivity contribution in [3.05, 3.63) is 101 Å². The van der Waals surface area contributed by atoms with E-state index >= 15 is 0 Å². The van der Waals surface area contributed by atoms with Crippen LogP contribution in [0.1, 0.15) is 98.3 Å². The minimum Gasteiger partial charge on any atom is -0.481 e. The molecule has 12 nitrogen and oxygen atoms in total. The second kappa shape index (κ2) is 20.6. The Hall–Kier alpha value is -5.72. The number of nitrogens with one attached hydrogen (secondary N) is 2. The smallest absolute Gasteiger partial charge is 0.414 e. The largest absolute Gasteiger partial charge is 0.481 e. The van der Waals surface area contributed by atoms with Crippen molar-refractivity contribution in [3.63, 3.8) is 0 Å². The van der Waals surface area contributed by atoms with Crippen LogP contribution in [0.3, 0.4) is 0 Å². The summed E-state index contributed by atoms with van der Waals surface area (Å²) < 4.78 is 91.5. The molecule has 2 amide bonds. The number of nitrogens with zero attached hydrogens (tertiary/aromatic N) is 2. The highest BCUT2D eigenvalue weighted by Crippen LogP contribution is 2.35. The topological polar surface area (TPSA) is 177 Å². The zero-order valence-corrected chi connectivity index (χ0v) is 37.8. The van der Waals surface area contributed by atoms with Crippen molar-refractivity contribution in [1.82, 2.24) is 20.6 Å². The molecule has 0 bridgehead atoms. The Morgan fingerprint density at radius 1 is 0.635 bits per heavy atom. The first-order valence-electron chi connectivity index (χ1n) is 18.9. The molecule has 0 aliphatic heterocycles. The molecule has 2 aromatic carbocycles. The Labute approximate surface area is 369 Å². The number of aliphatic carboxylic acids is 2. The third kappa shape index (κ3) is 17.5. The van der Waals surface area contributed by atoms with Gasteiger partial charge < -0.3 is 30.3 Å². The number of alkyl halides is 6. The molecular formula is C44H51BrF6N4O8. The van der Waals surface area contributed by atoms with Gasteiger partial charge in [0.25, 0.3) is 0 Å². The maximum absolute atomic E-state index is 13.6. The Morgan fingerprint density at radius 2 is 1.02 bits per heavy atom. The van der Waals surface area contributed by atoms with Crippen molar-refractivity contribution in [2.75, 3.05) is 0 Å². The number of aromatic nitrogens is 2. The molecule has 0 saturated heterocycles. The van der Waals surface area contributed by atoms with E-state index in [0.29, 0.717) is 26.3 Å². The number of ether oxygens (including phenoxy) is 2. The van der Waals surface area contributed by atoms with Gasteiger partial charge in [-0.3, -0.25) is 19.6 Å². The van der Waals surface area contributed by atoms with Gasteiger partial charge in [-0.1, -0.05) is 64.5 Å². The number of carbonyl (C=O) groups excluding carboxylic acids is 2. The summed E-state index contributed by atoms with van der Waals surface area (Å²) in [6.07, 6.45) is -7.38. The fraction of sp³-hybridized carbons (Fsp3) is 0.409. The molecule has 0 saturated carbocycles. The van der Waals surface area contributed by atoms with E-state index in [1.165, 1.54) is 50.3 Å². The van der Waals surface area contributed by atoms with E-state index in [0.717, 1.165) is 0 Å². The molecule has 2 heterocycles. The molecule has 4 aromatic rings. The van der Waals surface area contributed by atoms with Crippen molar-refractivity contribution in [3.8, 4) is 0 Å². The number of hydrogen-bond donors (Lipinski definition) is 4. The van der Waals surface area contributed by atoms with E-state index in [2.05, 4.69) is 32.5 Å². The van der Waals surface area contributed by atoms with Crippen LogP contribution in [-0.2, 0) is 19.1 Å². The van der Waals surface area contributed by atoms with Crippen LogP contribution in [0.2, 0.25) is 0 Å². The minimum absolute atomic E-state index is 0.271. The molecule has 344 valence electrons. The second-order valence-electron chi connectivity index (χ2n) is 17.1. The van der Waals surface area contributed by atoms with Crippen molar-refractivity contribution in [1.29, 1.82) is 0 Å². The predicted octanol–water partition coefficient (Wildman–Crippen LogP) is 11.9. The molecule has 4 N–H and O–H groups in total. The predicted molar refractivity (Wildman–Crippen MR) is 230 cm³/mol. The zero-order valence-electron chi connectivity index (χ0n) is 36.3. The highest BCUT2D eigenvalue weighted by molar-refractivity contribution is 9.10. The van der Waals surface area contributed by atoms with Gasteiger partial charge in [-0.15, -0.1) is 6.58 Å². The Bertz CT molecular complexity index is 2320. The van der Waals surface area contributed by atoms with Crippen molar-refractivity contribution < 1.29 is 65.2 Å². The van der Waals surface area contributed by atoms with Gasteiger partial charge >= 0.3 is 36.5 Å². The first-order valence-corrected chi connectivity index (χ1v) is 19.7. The summed E-state index contributed by atoms with van der Waals surface area (Å²) >= 11 is 3.25. The molecule has 0 radical (unpaired) electrons. The van der Waals surface area contributed by atoms with Crippen molar-refractivity contribution in [2.45, 2.75) is 105 Å². The van der Waals surface area contributed by atoms with Gasteiger partial charge in [0.1, 0.15) is 11.2 Å². The lowest BCUT2D eigenvalue weighted by atomic mass is 9.92. The molecule has 0 aliphatic rings. The van der Waals surface area contributed by atoms with Crippen LogP contribution in [-0.4, -0.2) is 67.9 Å². The molecule has 63 heavy (non-hydrogen) atoms. The number of rotatable bonds is 9. The molecule has 0 spiro atoms. The fourth-order valence-electron chi connectivity index (χ4n) is 4.64. The lowest BCUT2D eigenvalue weighted by Crippen LogP contribution is -2.41. The monoisotopic (exact) mass is 956 g/mol. The van der Waals surface area contributed by atoms with Gasteiger partial charge in [0.15, 0.2) is 12.1 Å². The molecular weight excluding hydrogens is 906 g/mol. The highest BCUT2D eigenvalue weighted by Gasteiger charge is 2.45.